The number of benzene rings is 1. The number of nitrogen functional groups attached to an aromatic ring is 1. The quantitative estimate of drug-likeness (QED) is 0.825. The molecular formula is C14H22N2O3S. The van der Waals surface area contributed by atoms with E-state index >= 15 is 0 Å². The van der Waals surface area contributed by atoms with Crippen molar-refractivity contribution >= 4 is 15.7 Å². The highest BCUT2D eigenvalue weighted by Gasteiger charge is 2.31. The van der Waals surface area contributed by atoms with E-state index in [9.17, 15) is 13.5 Å². The summed E-state index contributed by atoms with van der Waals surface area (Å²) in [6, 6.07) is 4.97. The standard InChI is InChI=1S/C14H22N2O3S/c1-10-13(15)4-3-5-14(10)20(18,19)16-8-6-12(7-9-16)11(2)17/h3-5,11-12,17H,6-9,15H2,1-2H3. The maximum Gasteiger partial charge on any atom is 0.243 e. The van der Waals surface area contributed by atoms with Crippen molar-refractivity contribution in [3.63, 3.8) is 0 Å². The minimum Gasteiger partial charge on any atom is -0.398 e. The van der Waals surface area contributed by atoms with Crippen LogP contribution in [-0.4, -0.2) is 37.0 Å². The lowest BCUT2D eigenvalue weighted by Crippen LogP contribution is -2.40. The molecule has 1 fully saturated rings. The summed E-state index contributed by atoms with van der Waals surface area (Å²) in [7, 11) is -3.49. The Bertz CT molecular complexity index is 576. The Hall–Kier alpha value is -1.11. The summed E-state index contributed by atoms with van der Waals surface area (Å²) in [4.78, 5) is 0.285. The molecule has 2 rings (SSSR count). The lowest BCUT2D eigenvalue weighted by Gasteiger charge is -2.32. The van der Waals surface area contributed by atoms with E-state index in [-0.39, 0.29) is 16.9 Å². The molecule has 1 aliphatic rings. The summed E-state index contributed by atoms with van der Waals surface area (Å²) in [5, 5.41) is 9.58. The Kier molecular flexibility index (Phi) is 4.36. The number of rotatable bonds is 3. The molecule has 1 unspecified atom stereocenters. The average Bonchev–Trinajstić information content (AvgIpc) is 2.41. The zero-order valence-corrected chi connectivity index (χ0v) is 12.7. The number of hydrogen-bond acceptors (Lipinski definition) is 4. The Morgan fingerprint density at radius 2 is 1.95 bits per heavy atom. The predicted molar refractivity (Wildman–Crippen MR) is 78.8 cm³/mol. The van der Waals surface area contributed by atoms with Gasteiger partial charge in [-0.1, -0.05) is 6.07 Å². The Morgan fingerprint density at radius 3 is 2.50 bits per heavy atom. The van der Waals surface area contributed by atoms with E-state index in [1.807, 2.05) is 0 Å². The summed E-state index contributed by atoms with van der Waals surface area (Å²) in [6.07, 6.45) is 1.00. The van der Waals surface area contributed by atoms with E-state index < -0.39 is 10.0 Å². The maximum atomic E-state index is 12.6. The molecule has 1 aliphatic heterocycles. The molecule has 1 saturated heterocycles. The fourth-order valence-electron chi connectivity index (χ4n) is 2.65. The van der Waals surface area contributed by atoms with Crippen molar-refractivity contribution in [1.82, 2.24) is 4.31 Å². The fourth-order valence-corrected chi connectivity index (χ4v) is 4.37. The van der Waals surface area contributed by atoms with Gasteiger partial charge in [-0.05, 0) is 50.3 Å². The molecule has 0 spiro atoms. The molecule has 3 N–H and O–H groups in total. The van der Waals surface area contributed by atoms with Gasteiger partial charge < -0.3 is 10.8 Å². The van der Waals surface area contributed by atoms with Gasteiger partial charge >= 0.3 is 0 Å². The summed E-state index contributed by atoms with van der Waals surface area (Å²) in [5.74, 6) is 0.184. The van der Waals surface area contributed by atoms with Gasteiger partial charge in [0.15, 0.2) is 0 Å². The number of aliphatic hydroxyl groups is 1. The Morgan fingerprint density at radius 1 is 1.35 bits per heavy atom. The second-order valence-electron chi connectivity index (χ2n) is 5.45. The lowest BCUT2D eigenvalue weighted by molar-refractivity contribution is 0.0912. The van der Waals surface area contributed by atoms with Crippen LogP contribution in [0, 0.1) is 12.8 Å². The molecule has 0 aliphatic carbocycles. The first-order valence-corrected chi connectivity index (χ1v) is 8.31. The number of hydrogen-bond donors (Lipinski definition) is 2. The molecule has 0 aromatic heterocycles. The van der Waals surface area contributed by atoms with Gasteiger partial charge in [-0.2, -0.15) is 4.31 Å². The summed E-state index contributed by atoms with van der Waals surface area (Å²) in [5.41, 5.74) is 6.89. The number of aliphatic hydroxyl groups excluding tert-OH is 1. The summed E-state index contributed by atoms with van der Waals surface area (Å²) < 4.78 is 26.8. The third-order valence-electron chi connectivity index (χ3n) is 4.12. The molecule has 1 heterocycles. The van der Waals surface area contributed by atoms with Gasteiger partial charge in [-0.25, -0.2) is 8.42 Å². The van der Waals surface area contributed by atoms with Crippen LogP contribution >= 0.6 is 0 Å². The van der Waals surface area contributed by atoms with Crippen LogP contribution in [0.4, 0.5) is 5.69 Å². The number of sulfonamides is 1. The topological polar surface area (TPSA) is 83.6 Å². The molecule has 112 valence electrons. The molecular weight excluding hydrogens is 276 g/mol. The number of nitrogens with two attached hydrogens (primary N) is 1. The van der Waals surface area contributed by atoms with Crippen LogP contribution in [0.3, 0.4) is 0 Å². The molecule has 1 aromatic rings. The van der Waals surface area contributed by atoms with Crippen LogP contribution in [0.2, 0.25) is 0 Å². The van der Waals surface area contributed by atoms with E-state index in [1.54, 1.807) is 32.0 Å². The van der Waals surface area contributed by atoms with Crippen molar-refractivity contribution in [3.8, 4) is 0 Å². The van der Waals surface area contributed by atoms with Gasteiger partial charge in [0.05, 0.1) is 11.0 Å². The minimum atomic E-state index is -3.49. The molecule has 5 nitrogen and oxygen atoms in total. The highest BCUT2D eigenvalue weighted by Crippen LogP contribution is 2.28. The van der Waals surface area contributed by atoms with Crippen molar-refractivity contribution < 1.29 is 13.5 Å². The molecule has 1 aromatic carbocycles. The second kappa shape index (κ2) is 5.71. The van der Waals surface area contributed by atoms with Crippen LogP contribution in [-0.2, 0) is 10.0 Å². The molecule has 20 heavy (non-hydrogen) atoms. The predicted octanol–water partition coefficient (Wildman–Crippen LogP) is 1.36. The van der Waals surface area contributed by atoms with E-state index in [2.05, 4.69) is 0 Å². The average molecular weight is 298 g/mol. The smallest absolute Gasteiger partial charge is 0.243 e. The zero-order valence-electron chi connectivity index (χ0n) is 11.9. The number of nitrogens with zero attached hydrogens (tertiary/aromatic N) is 1. The van der Waals surface area contributed by atoms with Gasteiger partial charge in [0.2, 0.25) is 10.0 Å². The summed E-state index contributed by atoms with van der Waals surface area (Å²) >= 11 is 0. The SMILES string of the molecule is Cc1c(N)cccc1S(=O)(=O)N1CCC(C(C)O)CC1. The van der Waals surface area contributed by atoms with Crippen molar-refractivity contribution in [2.45, 2.75) is 37.7 Å². The van der Waals surface area contributed by atoms with Crippen LogP contribution in [0.5, 0.6) is 0 Å². The van der Waals surface area contributed by atoms with E-state index in [0.29, 0.717) is 37.2 Å². The van der Waals surface area contributed by atoms with Crippen LogP contribution < -0.4 is 5.73 Å². The van der Waals surface area contributed by atoms with Crippen molar-refractivity contribution in [2.75, 3.05) is 18.8 Å². The fraction of sp³-hybridized carbons (Fsp3) is 0.571. The first kappa shape index (κ1) is 15.3. The van der Waals surface area contributed by atoms with Gasteiger partial charge in [0, 0.05) is 18.8 Å². The Labute approximate surface area is 120 Å². The first-order valence-electron chi connectivity index (χ1n) is 6.87. The van der Waals surface area contributed by atoms with Gasteiger partial charge in [0.25, 0.3) is 0 Å². The maximum absolute atomic E-state index is 12.6. The van der Waals surface area contributed by atoms with E-state index in [4.69, 9.17) is 5.73 Å². The summed E-state index contributed by atoms with van der Waals surface area (Å²) in [6.45, 7) is 4.39. The highest BCUT2D eigenvalue weighted by molar-refractivity contribution is 7.89. The van der Waals surface area contributed by atoms with Crippen molar-refractivity contribution in [1.29, 1.82) is 0 Å². The molecule has 6 heteroatoms. The third-order valence-corrected chi connectivity index (χ3v) is 6.17. The van der Waals surface area contributed by atoms with Crippen LogP contribution in [0.15, 0.2) is 23.1 Å². The first-order chi connectivity index (χ1) is 9.34. The Balaban J connectivity index is 2.22. The van der Waals surface area contributed by atoms with E-state index in [1.165, 1.54) is 4.31 Å². The monoisotopic (exact) mass is 298 g/mol. The molecule has 0 saturated carbocycles. The molecule has 0 amide bonds. The van der Waals surface area contributed by atoms with Gasteiger partial charge in [-0.3, -0.25) is 0 Å². The van der Waals surface area contributed by atoms with Gasteiger partial charge in [0.1, 0.15) is 0 Å². The van der Waals surface area contributed by atoms with Crippen LogP contribution in [0.25, 0.3) is 0 Å². The normalized spacial score (nSPS) is 19.9. The largest absolute Gasteiger partial charge is 0.398 e. The molecule has 1 atom stereocenters. The number of anilines is 1. The third kappa shape index (κ3) is 2.82. The van der Waals surface area contributed by atoms with Gasteiger partial charge in [-0.15, -0.1) is 0 Å². The second-order valence-corrected chi connectivity index (χ2v) is 7.36. The number of piperidine rings is 1. The van der Waals surface area contributed by atoms with E-state index in [0.717, 1.165) is 0 Å². The molecule has 0 bridgehead atoms. The van der Waals surface area contributed by atoms with Crippen molar-refractivity contribution in [2.24, 2.45) is 5.92 Å². The van der Waals surface area contributed by atoms with Crippen LogP contribution in [0.1, 0.15) is 25.3 Å². The molecule has 0 radical (unpaired) electrons. The highest BCUT2D eigenvalue weighted by atomic mass is 32.2. The van der Waals surface area contributed by atoms with Crippen molar-refractivity contribution in [3.05, 3.63) is 23.8 Å². The lowest BCUT2D eigenvalue weighted by atomic mass is 9.93. The minimum absolute atomic E-state index is 0.184. The zero-order chi connectivity index (χ0) is 14.9.